The first kappa shape index (κ1) is 13.7. The molecule has 3 nitrogen and oxygen atoms in total. The average Bonchev–Trinajstić information content (AvgIpc) is 2.38. The molecule has 0 aliphatic heterocycles. The maximum absolute atomic E-state index is 11.5. The third-order valence-electron chi connectivity index (χ3n) is 3.02. The van der Waals surface area contributed by atoms with Crippen LogP contribution in [0.2, 0.25) is 0 Å². The van der Waals surface area contributed by atoms with E-state index in [4.69, 9.17) is 5.73 Å². The minimum atomic E-state index is -0.373. The Bertz CT molecular complexity index is 337. The standard InChI is InChI=1S/C14H22N2O/c1-3-13(15)14(17)16-10-9-11(2)12-7-5-4-6-8-12/h4-8,11,13H,3,9-10,15H2,1-2H3,(H,16,17)/t11?,13-/m0/s1. The third kappa shape index (κ3) is 4.57. The van der Waals surface area contributed by atoms with Gasteiger partial charge in [0.05, 0.1) is 6.04 Å². The Morgan fingerprint density at radius 2 is 2.00 bits per heavy atom. The molecular formula is C14H22N2O. The van der Waals surface area contributed by atoms with Crippen LogP contribution in [0.1, 0.15) is 38.2 Å². The fraction of sp³-hybridized carbons (Fsp3) is 0.500. The Kier molecular flexibility index (Phi) is 5.70. The summed E-state index contributed by atoms with van der Waals surface area (Å²) in [6.07, 6.45) is 1.62. The van der Waals surface area contributed by atoms with Gasteiger partial charge >= 0.3 is 0 Å². The molecule has 0 bridgehead atoms. The van der Waals surface area contributed by atoms with Gasteiger partial charge in [0.2, 0.25) is 5.91 Å². The number of amides is 1. The molecule has 1 amide bonds. The first-order valence-electron chi connectivity index (χ1n) is 6.23. The summed E-state index contributed by atoms with van der Waals surface area (Å²) in [6, 6.07) is 9.95. The number of rotatable bonds is 6. The van der Waals surface area contributed by atoms with Crippen molar-refractivity contribution in [1.29, 1.82) is 0 Å². The minimum Gasteiger partial charge on any atom is -0.355 e. The van der Waals surface area contributed by atoms with Gasteiger partial charge < -0.3 is 11.1 Å². The lowest BCUT2D eigenvalue weighted by Crippen LogP contribution is -2.40. The van der Waals surface area contributed by atoms with Crippen molar-refractivity contribution in [3.05, 3.63) is 35.9 Å². The van der Waals surface area contributed by atoms with Crippen molar-refractivity contribution in [2.45, 2.75) is 38.6 Å². The fourth-order valence-corrected chi connectivity index (χ4v) is 1.68. The molecule has 0 saturated heterocycles. The number of benzene rings is 1. The van der Waals surface area contributed by atoms with Crippen molar-refractivity contribution in [3.63, 3.8) is 0 Å². The highest BCUT2D eigenvalue weighted by molar-refractivity contribution is 5.81. The zero-order valence-corrected chi connectivity index (χ0v) is 10.6. The van der Waals surface area contributed by atoms with E-state index in [9.17, 15) is 4.79 Å². The number of hydrogen-bond acceptors (Lipinski definition) is 2. The molecule has 1 unspecified atom stereocenters. The predicted molar refractivity (Wildman–Crippen MR) is 70.8 cm³/mol. The molecule has 1 rings (SSSR count). The van der Waals surface area contributed by atoms with Gasteiger partial charge in [-0.2, -0.15) is 0 Å². The molecular weight excluding hydrogens is 212 g/mol. The molecule has 1 aromatic carbocycles. The van der Waals surface area contributed by atoms with E-state index in [0.717, 1.165) is 6.42 Å². The summed E-state index contributed by atoms with van der Waals surface area (Å²) in [7, 11) is 0. The van der Waals surface area contributed by atoms with Gasteiger partial charge in [0.1, 0.15) is 0 Å². The molecule has 0 aliphatic carbocycles. The molecule has 94 valence electrons. The number of carbonyl (C=O) groups excluding carboxylic acids is 1. The number of nitrogens with two attached hydrogens (primary N) is 1. The van der Waals surface area contributed by atoms with Crippen LogP contribution in [0.3, 0.4) is 0 Å². The summed E-state index contributed by atoms with van der Waals surface area (Å²) >= 11 is 0. The van der Waals surface area contributed by atoms with Crippen molar-refractivity contribution in [3.8, 4) is 0 Å². The zero-order chi connectivity index (χ0) is 12.7. The SMILES string of the molecule is CC[C@H](N)C(=O)NCCC(C)c1ccccc1. The van der Waals surface area contributed by atoms with E-state index in [1.165, 1.54) is 5.56 Å². The Morgan fingerprint density at radius 3 is 2.59 bits per heavy atom. The van der Waals surface area contributed by atoms with Gasteiger partial charge in [-0.25, -0.2) is 0 Å². The molecule has 0 aromatic heterocycles. The minimum absolute atomic E-state index is 0.0484. The maximum atomic E-state index is 11.5. The van der Waals surface area contributed by atoms with Crippen LogP contribution in [-0.2, 0) is 4.79 Å². The van der Waals surface area contributed by atoms with Crippen LogP contribution in [0.15, 0.2) is 30.3 Å². The normalized spacial score (nSPS) is 14.1. The molecule has 17 heavy (non-hydrogen) atoms. The van der Waals surface area contributed by atoms with E-state index in [1.54, 1.807) is 0 Å². The van der Waals surface area contributed by atoms with Gasteiger partial charge in [0.25, 0.3) is 0 Å². The Balaban J connectivity index is 2.30. The quantitative estimate of drug-likeness (QED) is 0.791. The Labute approximate surface area is 103 Å². The first-order valence-corrected chi connectivity index (χ1v) is 6.23. The molecule has 0 spiro atoms. The molecule has 0 heterocycles. The number of nitrogens with one attached hydrogen (secondary N) is 1. The summed E-state index contributed by atoms with van der Waals surface area (Å²) in [5, 5.41) is 2.87. The summed E-state index contributed by atoms with van der Waals surface area (Å²) in [5.41, 5.74) is 6.94. The van der Waals surface area contributed by atoms with Crippen LogP contribution in [0, 0.1) is 0 Å². The fourth-order valence-electron chi connectivity index (χ4n) is 1.68. The van der Waals surface area contributed by atoms with Gasteiger partial charge in [-0.15, -0.1) is 0 Å². The van der Waals surface area contributed by atoms with Gasteiger partial charge in [-0.3, -0.25) is 4.79 Å². The molecule has 3 heteroatoms. The van der Waals surface area contributed by atoms with E-state index < -0.39 is 0 Å². The van der Waals surface area contributed by atoms with E-state index in [0.29, 0.717) is 18.9 Å². The lowest BCUT2D eigenvalue weighted by molar-refractivity contribution is -0.122. The zero-order valence-electron chi connectivity index (χ0n) is 10.6. The predicted octanol–water partition coefficient (Wildman–Crippen LogP) is 2.03. The highest BCUT2D eigenvalue weighted by Crippen LogP contribution is 2.17. The monoisotopic (exact) mass is 234 g/mol. The van der Waals surface area contributed by atoms with Crippen molar-refractivity contribution in [2.75, 3.05) is 6.54 Å². The lowest BCUT2D eigenvalue weighted by atomic mass is 9.98. The van der Waals surface area contributed by atoms with Crippen molar-refractivity contribution >= 4 is 5.91 Å². The van der Waals surface area contributed by atoms with Gasteiger partial charge in [-0.1, -0.05) is 44.2 Å². The highest BCUT2D eigenvalue weighted by atomic mass is 16.2. The van der Waals surface area contributed by atoms with E-state index in [1.807, 2.05) is 25.1 Å². The molecule has 2 atom stereocenters. The smallest absolute Gasteiger partial charge is 0.236 e. The summed E-state index contributed by atoms with van der Waals surface area (Å²) in [4.78, 5) is 11.5. The number of hydrogen-bond donors (Lipinski definition) is 2. The molecule has 0 saturated carbocycles. The molecule has 0 fully saturated rings. The van der Waals surface area contributed by atoms with E-state index in [-0.39, 0.29) is 11.9 Å². The number of carbonyl (C=O) groups is 1. The lowest BCUT2D eigenvalue weighted by Gasteiger charge is -2.14. The van der Waals surface area contributed by atoms with E-state index >= 15 is 0 Å². The summed E-state index contributed by atoms with van der Waals surface area (Å²) in [5.74, 6) is 0.405. The first-order chi connectivity index (χ1) is 8.15. The largest absolute Gasteiger partial charge is 0.355 e. The Morgan fingerprint density at radius 1 is 1.35 bits per heavy atom. The van der Waals surface area contributed by atoms with Gasteiger partial charge in [0, 0.05) is 6.54 Å². The summed E-state index contributed by atoms with van der Waals surface area (Å²) in [6.45, 7) is 4.76. The second-order valence-corrected chi connectivity index (χ2v) is 4.41. The molecule has 3 N–H and O–H groups in total. The third-order valence-corrected chi connectivity index (χ3v) is 3.02. The summed E-state index contributed by atoms with van der Waals surface area (Å²) < 4.78 is 0. The van der Waals surface area contributed by atoms with Crippen molar-refractivity contribution in [1.82, 2.24) is 5.32 Å². The second-order valence-electron chi connectivity index (χ2n) is 4.41. The van der Waals surface area contributed by atoms with Gasteiger partial charge in [0.15, 0.2) is 0 Å². The van der Waals surface area contributed by atoms with Crippen LogP contribution < -0.4 is 11.1 Å². The van der Waals surface area contributed by atoms with Crippen LogP contribution in [0.4, 0.5) is 0 Å². The highest BCUT2D eigenvalue weighted by Gasteiger charge is 2.10. The molecule has 0 aliphatic rings. The van der Waals surface area contributed by atoms with Crippen LogP contribution >= 0.6 is 0 Å². The van der Waals surface area contributed by atoms with Gasteiger partial charge in [-0.05, 0) is 24.3 Å². The van der Waals surface area contributed by atoms with Crippen LogP contribution in [-0.4, -0.2) is 18.5 Å². The van der Waals surface area contributed by atoms with Crippen LogP contribution in [0.25, 0.3) is 0 Å². The van der Waals surface area contributed by atoms with Crippen LogP contribution in [0.5, 0.6) is 0 Å². The Hall–Kier alpha value is -1.35. The van der Waals surface area contributed by atoms with Crippen molar-refractivity contribution < 1.29 is 4.79 Å². The van der Waals surface area contributed by atoms with E-state index in [2.05, 4.69) is 24.4 Å². The second kappa shape index (κ2) is 7.07. The molecule has 0 radical (unpaired) electrons. The van der Waals surface area contributed by atoms with Crippen molar-refractivity contribution in [2.24, 2.45) is 5.73 Å². The topological polar surface area (TPSA) is 55.1 Å². The maximum Gasteiger partial charge on any atom is 0.236 e. The molecule has 1 aromatic rings. The average molecular weight is 234 g/mol.